The lowest BCUT2D eigenvalue weighted by molar-refractivity contribution is -0.131. The quantitative estimate of drug-likeness (QED) is 0.516. The molecule has 5 nitrogen and oxygen atoms in total. The minimum absolute atomic E-state index is 0.129. The zero-order chi connectivity index (χ0) is 20.9. The molecule has 3 heterocycles. The van der Waals surface area contributed by atoms with Gasteiger partial charge in [0, 0.05) is 42.8 Å². The highest BCUT2D eigenvalue weighted by atomic mass is 32.2. The highest BCUT2D eigenvalue weighted by molar-refractivity contribution is 7.98. The van der Waals surface area contributed by atoms with E-state index in [0.29, 0.717) is 25.3 Å². The van der Waals surface area contributed by atoms with E-state index in [4.69, 9.17) is 0 Å². The number of rotatable bonds is 8. The minimum atomic E-state index is 0.129. The van der Waals surface area contributed by atoms with E-state index in [0.717, 1.165) is 47.3 Å². The second-order valence-corrected chi connectivity index (χ2v) is 8.73. The molecule has 0 N–H and O–H groups in total. The lowest BCUT2D eigenvalue weighted by Crippen LogP contribution is -2.32. The van der Waals surface area contributed by atoms with Crippen molar-refractivity contribution in [3.05, 3.63) is 75.8 Å². The first-order chi connectivity index (χ1) is 14.7. The summed E-state index contributed by atoms with van der Waals surface area (Å²) in [6, 6.07) is 14.1. The van der Waals surface area contributed by atoms with Crippen molar-refractivity contribution in [2.75, 3.05) is 12.3 Å². The molecule has 1 aliphatic rings. The number of aryl methyl sites for hydroxylation is 2. The summed E-state index contributed by atoms with van der Waals surface area (Å²) in [7, 11) is 0. The molecule has 2 aromatic heterocycles. The lowest BCUT2D eigenvalue weighted by atomic mass is 10.0. The smallest absolute Gasteiger partial charge is 0.255 e. The van der Waals surface area contributed by atoms with Gasteiger partial charge in [-0.2, -0.15) is 11.8 Å². The summed E-state index contributed by atoms with van der Waals surface area (Å²) in [5.74, 6) is 1.58. The topological polar surface area (TPSA) is 55.2 Å². The van der Waals surface area contributed by atoms with Crippen LogP contribution in [0.4, 0.5) is 0 Å². The van der Waals surface area contributed by atoms with E-state index in [-0.39, 0.29) is 11.5 Å². The van der Waals surface area contributed by atoms with E-state index in [1.807, 2.05) is 34.6 Å². The third-order valence-electron chi connectivity index (χ3n) is 5.60. The predicted octanol–water partition coefficient (Wildman–Crippen LogP) is 4.01. The highest BCUT2D eigenvalue weighted by Crippen LogP contribution is 2.25. The molecule has 30 heavy (non-hydrogen) atoms. The van der Waals surface area contributed by atoms with Crippen LogP contribution in [-0.4, -0.2) is 32.7 Å². The summed E-state index contributed by atoms with van der Waals surface area (Å²) in [4.78, 5) is 31.5. The SMILES string of the molecule is CCC(=O)N(CCSCc1cc2cccc3c2n(c1=O)CCC3)Cc1ccccn1. The Morgan fingerprint density at radius 1 is 1.23 bits per heavy atom. The summed E-state index contributed by atoms with van der Waals surface area (Å²) < 4.78 is 1.96. The molecule has 1 aromatic carbocycles. The molecule has 0 spiro atoms. The molecule has 3 aromatic rings. The molecule has 0 aliphatic carbocycles. The average molecular weight is 422 g/mol. The van der Waals surface area contributed by atoms with E-state index in [1.54, 1.807) is 18.0 Å². The Morgan fingerprint density at radius 2 is 2.13 bits per heavy atom. The third kappa shape index (κ3) is 4.43. The molecule has 0 saturated carbocycles. The van der Waals surface area contributed by atoms with E-state index in [1.165, 1.54) is 5.56 Å². The van der Waals surface area contributed by atoms with Gasteiger partial charge in [-0.25, -0.2) is 0 Å². The van der Waals surface area contributed by atoms with Gasteiger partial charge in [0.25, 0.3) is 5.56 Å². The Labute approximate surface area is 181 Å². The molecule has 1 amide bonds. The maximum absolute atomic E-state index is 13.0. The molecule has 0 saturated heterocycles. The van der Waals surface area contributed by atoms with Crippen molar-refractivity contribution >= 4 is 28.6 Å². The Kier molecular flexibility index (Phi) is 6.53. The molecule has 4 rings (SSSR count). The van der Waals surface area contributed by atoms with Crippen molar-refractivity contribution < 1.29 is 4.79 Å². The highest BCUT2D eigenvalue weighted by Gasteiger charge is 2.17. The summed E-state index contributed by atoms with van der Waals surface area (Å²) in [6.07, 6.45) is 4.30. The summed E-state index contributed by atoms with van der Waals surface area (Å²) in [5.41, 5.74) is 4.27. The summed E-state index contributed by atoms with van der Waals surface area (Å²) in [6.45, 7) is 3.86. The normalized spacial score (nSPS) is 12.8. The van der Waals surface area contributed by atoms with Gasteiger partial charge in [0.15, 0.2) is 0 Å². The first-order valence-electron chi connectivity index (χ1n) is 10.6. The van der Waals surface area contributed by atoms with Crippen molar-refractivity contribution in [2.45, 2.75) is 45.0 Å². The second kappa shape index (κ2) is 9.47. The standard InChI is InChI=1S/C24H27N3O2S/c1-2-22(28)26(16-21-10-3-4-11-25-21)13-14-30-17-20-15-19-8-5-7-18-9-6-12-27(23(18)19)24(20)29/h3-5,7-8,10-11,15H,2,6,9,12-14,16-17H2,1H3. The zero-order valence-corrected chi connectivity index (χ0v) is 18.2. The number of aromatic nitrogens is 2. The van der Waals surface area contributed by atoms with Crippen LogP contribution in [0.2, 0.25) is 0 Å². The molecular weight excluding hydrogens is 394 g/mol. The molecule has 0 atom stereocenters. The number of nitrogens with zero attached hydrogens (tertiary/aromatic N) is 3. The number of amides is 1. The van der Waals surface area contributed by atoms with Crippen LogP contribution in [0, 0.1) is 0 Å². The molecule has 6 heteroatoms. The first-order valence-corrected chi connectivity index (χ1v) is 11.7. The Hall–Kier alpha value is -2.60. The van der Waals surface area contributed by atoms with Gasteiger partial charge < -0.3 is 9.47 Å². The van der Waals surface area contributed by atoms with Gasteiger partial charge in [0.1, 0.15) is 0 Å². The lowest BCUT2D eigenvalue weighted by Gasteiger charge is -2.22. The maximum atomic E-state index is 13.0. The van der Waals surface area contributed by atoms with Gasteiger partial charge in [0.05, 0.1) is 17.8 Å². The fraction of sp³-hybridized carbons (Fsp3) is 0.375. The number of pyridine rings is 2. The Bertz CT molecular complexity index is 1090. The number of thioether (sulfide) groups is 1. The van der Waals surface area contributed by atoms with Crippen LogP contribution in [0.3, 0.4) is 0 Å². The molecule has 0 unspecified atom stereocenters. The summed E-state index contributed by atoms with van der Waals surface area (Å²) >= 11 is 1.71. The van der Waals surface area contributed by atoms with Crippen LogP contribution in [0.15, 0.2) is 53.5 Å². The van der Waals surface area contributed by atoms with Crippen molar-refractivity contribution in [2.24, 2.45) is 0 Å². The predicted molar refractivity (Wildman–Crippen MR) is 123 cm³/mol. The van der Waals surface area contributed by atoms with Gasteiger partial charge in [-0.05, 0) is 42.0 Å². The van der Waals surface area contributed by atoms with Crippen LogP contribution in [-0.2, 0) is 30.1 Å². The van der Waals surface area contributed by atoms with Crippen LogP contribution >= 0.6 is 11.8 Å². The van der Waals surface area contributed by atoms with Gasteiger partial charge in [-0.15, -0.1) is 0 Å². The molecule has 0 bridgehead atoms. The molecule has 1 aliphatic heterocycles. The number of hydrogen-bond acceptors (Lipinski definition) is 4. The van der Waals surface area contributed by atoms with Gasteiger partial charge in [0.2, 0.25) is 5.91 Å². The Balaban J connectivity index is 1.42. The molecule has 0 radical (unpaired) electrons. The molecule has 0 fully saturated rings. The fourth-order valence-electron chi connectivity index (χ4n) is 4.09. The van der Waals surface area contributed by atoms with Crippen LogP contribution in [0.5, 0.6) is 0 Å². The fourth-order valence-corrected chi connectivity index (χ4v) is 5.01. The van der Waals surface area contributed by atoms with Crippen molar-refractivity contribution in [1.82, 2.24) is 14.5 Å². The maximum Gasteiger partial charge on any atom is 0.255 e. The van der Waals surface area contributed by atoms with E-state index in [9.17, 15) is 9.59 Å². The summed E-state index contributed by atoms with van der Waals surface area (Å²) in [5, 5.41) is 1.15. The second-order valence-electron chi connectivity index (χ2n) is 7.63. The van der Waals surface area contributed by atoms with Gasteiger partial charge in [-0.3, -0.25) is 14.6 Å². The van der Waals surface area contributed by atoms with E-state index >= 15 is 0 Å². The van der Waals surface area contributed by atoms with Crippen molar-refractivity contribution in [3.63, 3.8) is 0 Å². The molecular formula is C24H27N3O2S. The number of benzene rings is 1. The van der Waals surface area contributed by atoms with Crippen molar-refractivity contribution in [3.8, 4) is 0 Å². The first kappa shape index (κ1) is 20.7. The molecule has 156 valence electrons. The van der Waals surface area contributed by atoms with Crippen molar-refractivity contribution in [1.29, 1.82) is 0 Å². The Morgan fingerprint density at radius 3 is 2.93 bits per heavy atom. The number of para-hydroxylation sites is 1. The monoisotopic (exact) mass is 421 g/mol. The van der Waals surface area contributed by atoms with E-state index in [2.05, 4.69) is 29.2 Å². The van der Waals surface area contributed by atoms with Crippen LogP contribution in [0.1, 0.15) is 36.6 Å². The van der Waals surface area contributed by atoms with Gasteiger partial charge >= 0.3 is 0 Å². The van der Waals surface area contributed by atoms with E-state index < -0.39 is 0 Å². The minimum Gasteiger partial charge on any atom is -0.336 e. The number of carbonyl (C=O) groups is 1. The third-order valence-corrected chi connectivity index (χ3v) is 6.58. The number of carbonyl (C=O) groups excluding carboxylic acids is 1. The zero-order valence-electron chi connectivity index (χ0n) is 17.3. The van der Waals surface area contributed by atoms with Crippen LogP contribution in [0.25, 0.3) is 10.9 Å². The van der Waals surface area contributed by atoms with Gasteiger partial charge in [-0.1, -0.05) is 31.2 Å². The number of hydrogen-bond donors (Lipinski definition) is 0. The average Bonchev–Trinajstić information content (AvgIpc) is 2.79. The van der Waals surface area contributed by atoms with Crippen LogP contribution < -0.4 is 5.56 Å². The largest absolute Gasteiger partial charge is 0.336 e.